The van der Waals surface area contributed by atoms with Crippen LogP contribution in [0.1, 0.15) is 32.4 Å². The van der Waals surface area contributed by atoms with Gasteiger partial charge in [0.2, 0.25) is 0 Å². The number of hydrogen-bond acceptors (Lipinski definition) is 3. The van der Waals surface area contributed by atoms with E-state index >= 15 is 0 Å². The smallest absolute Gasteiger partial charge is 0.131 e. The molecule has 3 nitrogen and oxygen atoms in total. The maximum absolute atomic E-state index is 5.50. The summed E-state index contributed by atoms with van der Waals surface area (Å²) in [5, 5.41) is 3.55. The third-order valence-electron chi connectivity index (χ3n) is 3.39. The van der Waals surface area contributed by atoms with Crippen LogP contribution >= 0.6 is 15.9 Å². The Morgan fingerprint density at radius 1 is 1.59 bits per heavy atom. The fourth-order valence-electron chi connectivity index (χ4n) is 2.28. The van der Waals surface area contributed by atoms with E-state index in [9.17, 15) is 0 Å². The zero-order valence-corrected chi connectivity index (χ0v) is 12.2. The molecule has 1 saturated heterocycles. The zero-order valence-electron chi connectivity index (χ0n) is 10.6. The van der Waals surface area contributed by atoms with Crippen molar-refractivity contribution in [3.63, 3.8) is 0 Å². The van der Waals surface area contributed by atoms with Gasteiger partial charge >= 0.3 is 0 Å². The molecule has 1 atom stereocenters. The predicted molar refractivity (Wildman–Crippen MR) is 73.0 cm³/mol. The summed E-state index contributed by atoms with van der Waals surface area (Å²) in [5.74, 6) is 1.02. The van der Waals surface area contributed by atoms with Crippen LogP contribution in [0.4, 0.5) is 0 Å². The summed E-state index contributed by atoms with van der Waals surface area (Å²) >= 11 is 3.52. The second kappa shape index (κ2) is 6.03. The maximum atomic E-state index is 5.50. The standard InChI is InChI=1S/C13H21BrN2O/c1-10(2)16(8-11-4-3-6-15-11)9-13-12(14)5-7-17-13/h5,7,10-11,15H,3-4,6,8-9H2,1-2H3. The van der Waals surface area contributed by atoms with E-state index < -0.39 is 0 Å². The molecule has 0 spiro atoms. The molecule has 0 radical (unpaired) electrons. The molecule has 1 aliphatic heterocycles. The average molecular weight is 301 g/mol. The van der Waals surface area contributed by atoms with Crippen LogP contribution in [0, 0.1) is 0 Å². The van der Waals surface area contributed by atoms with Crippen molar-refractivity contribution < 1.29 is 4.42 Å². The van der Waals surface area contributed by atoms with Gasteiger partial charge in [-0.05, 0) is 55.2 Å². The second-order valence-electron chi connectivity index (χ2n) is 5.01. The van der Waals surface area contributed by atoms with Gasteiger partial charge in [0.25, 0.3) is 0 Å². The molecule has 2 heterocycles. The molecule has 1 aliphatic rings. The SMILES string of the molecule is CC(C)N(Cc1occc1Br)CC1CCCN1. The normalized spacial score (nSPS) is 20.6. The van der Waals surface area contributed by atoms with Gasteiger partial charge in [0.05, 0.1) is 17.3 Å². The van der Waals surface area contributed by atoms with Crippen LogP contribution in [0.25, 0.3) is 0 Å². The number of nitrogens with zero attached hydrogens (tertiary/aromatic N) is 1. The average Bonchev–Trinajstić information content (AvgIpc) is 2.90. The first kappa shape index (κ1) is 13.1. The molecule has 0 bridgehead atoms. The number of halogens is 1. The minimum absolute atomic E-state index is 0.536. The minimum Gasteiger partial charge on any atom is -0.467 e. The summed E-state index contributed by atoms with van der Waals surface area (Å²) in [6.45, 7) is 7.63. The molecule has 1 unspecified atom stereocenters. The fraction of sp³-hybridized carbons (Fsp3) is 0.692. The van der Waals surface area contributed by atoms with E-state index in [0.717, 1.165) is 23.3 Å². The molecule has 1 aromatic rings. The first-order chi connectivity index (χ1) is 8.16. The fourth-order valence-corrected chi connectivity index (χ4v) is 2.60. The van der Waals surface area contributed by atoms with E-state index in [1.54, 1.807) is 6.26 Å². The highest BCUT2D eigenvalue weighted by atomic mass is 79.9. The molecule has 96 valence electrons. The predicted octanol–water partition coefficient (Wildman–Crippen LogP) is 3.00. The van der Waals surface area contributed by atoms with Crippen molar-refractivity contribution >= 4 is 15.9 Å². The number of nitrogens with one attached hydrogen (secondary N) is 1. The van der Waals surface area contributed by atoms with E-state index in [4.69, 9.17) is 4.42 Å². The lowest BCUT2D eigenvalue weighted by Gasteiger charge is -2.28. The van der Waals surface area contributed by atoms with Gasteiger partial charge in [0.1, 0.15) is 5.76 Å². The maximum Gasteiger partial charge on any atom is 0.131 e. The third-order valence-corrected chi connectivity index (χ3v) is 4.09. The molecule has 17 heavy (non-hydrogen) atoms. The lowest BCUT2D eigenvalue weighted by Crippen LogP contribution is -2.40. The highest BCUT2D eigenvalue weighted by Gasteiger charge is 2.21. The summed E-state index contributed by atoms with van der Waals surface area (Å²) in [5.41, 5.74) is 0. The second-order valence-corrected chi connectivity index (χ2v) is 5.86. The molecule has 1 aromatic heterocycles. The van der Waals surface area contributed by atoms with Gasteiger partial charge < -0.3 is 9.73 Å². The Hall–Kier alpha value is -0.320. The molecule has 0 amide bonds. The summed E-state index contributed by atoms with van der Waals surface area (Å²) in [4.78, 5) is 2.46. The van der Waals surface area contributed by atoms with E-state index in [0.29, 0.717) is 12.1 Å². The van der Waals surface area contributed by atoms with E-state index in [2.05, 4.69) is 40.0 Å². The summed E-state index contributed by atoms with van der Waals surface area (Å²) in [7, 11) is 0. The van der Waals surface area contributed by atoms with E-state index in [-0.39, 0.29) is 0 Å². The van der Waals surface area contributed by atoms with Gasteiger partial charge in [-0.2, -0.15) is 0 Å². The summed E-state index contributed by atoms with van der Waals surface area (Å²) < 4.78 is 6.57. The van der Waals surface area contributed by atoms with Crippen LogP contribution < -0.4 is 5.32 Å². The van der Waals surface area contributed by atoms with Gasteiger partial charge in [-0.15, -0.1) is 0 Å². The van der Waals surface area contributed by atoms with Crippen LogP contribution in [0.5, 0.6) is 0 Å². The van der Waals surface area contributed by atoms with Crippen molar-refractivity contribution in [2.75, 3.05) is 13.1 Å². The Bertz CT molecular complexity index is 345. The van der Waals surface area contributed by atoms with Crippen LogP contribution in [0.15, 0.2) is 21.2 Å². The largest absolute Gasteiger partial charge is 0.467 e. The number of rotatable bonds is 5. The van der Waals surface area contributed by atoms with Crippen LogP contribution in [-0.2, 0) is 6.54 Å². The molecule has 1 fully saturated rings. The van der Waals surface area contributed by atoms with Gasteiger partial charge in [-0.3, -0.25) is 4.90 Å². The minimum atomic E-state index is 0.536. The Kier molecular flexibility index (Phi) is 4.65. The van der Waals surface area contributed by atoms with E-state index in [1.807, 2.05) is 6.07 Å². The summed E-state index contributed by atoms with van der Waals surface area (Å²) in [6.07, 6.45) is 4.34. The lowest BCUT2D eigenvalue weighted by atomic mass is 10.2. The first-order valence-electron chi connectivity index (χ1n) is 6.36. The Balaban J connectivity index is 1.95. The highest BCUT2D eigenvalue weighted by molar-refractivity contribution is 9.10. The van der Waals surface area contributed by atoms with Crippen molar-refractivity contribution in [2.45, 2.75) is 45.3 Å². The van der Waals surface area contributed by atoms with Gasteiger partial charge in [0, 0.05) is 18.6 Å². The van der Waals surface area contributed by atoms with Crippen LogP contribution in [0.2, 0.25) is 0 Å². The van der Waals surface area contributed by atoms with Gasteiger partial charge in [0.15, 0.2) is 0 Å². The third kappa shape index (κ3) is 3.57. The van der Waals surface area contributed by atoms with Crippen LogP contribution in [-0.4, -0.2) is 30.1 Å². The molecular weight excluding hydrogens is 280 g/mol. The molecule has 4 heteroatoms. The highest BCUT2D eigenvalue weighted by Crippen LogP contribution is 2.21. The van der Waals surface area contributed by atoms with Gasteiger partial charge in [-0.1, -0.05) is 0 Å². The van der Waals surface area contributed by atoms with Gasteiger partial charge in [-0.25, -0.2) is 0 Å². The molecule has 2 rings (SSSR count). The first-order valence-corrected chi connectivity index (χ1v) is 7.15. The van der Waals surface area contributed by atoms with Crippen molar-refractivity contribution in [3.05, 3.63) is 22.6 Å². The van der Waals surface area contributed by atoms with Crippen molar-refractivity contribution in [1.82, 2.24) is 10.2 Å². The van der Waals surface area contributed by atoms with E-state index in [1.165, 1.54) is 19.4 Å². The molecule has 0 saturated carbocycles. The quantitative estimate of drug-likeness (QED) is 0.906. The Labute approximate surface area is 112 Å². The molecule has 1 N–H and O–H groups in total. The molecule has 0 aromatic carbocycles. The Morgan fingerprint density at radius 3 is 2.94 bits per heavy atom. The zero-order chi connectivity index (χ0) is 12.3. The summed E-state index contributed by atoms with van der Waals surface area (Å²) in [6, 6.07) is 3.14. The molecular formula is C13H21BrN2O. The van der Waals surface area contributed by atoms with Crippen molar-refractivity contribution in [2.24, 2.45) is 0 Å². The Morgan fingerprint density at radius 2 is 2.41 bits per heavy atom. The lowest BCUT2D eigenvalue weighted by molar-refractivity contribution is 0.179. The van der Waals surface area contributed by atoms with Crippen LogP contribution in [0.3, 0.4) is 0 Å². The topological polar surface area (TPSA) is 28.4 Å². The molecule has 0 aliphatic carbocycles. The number of furan rings is 1. The van der Waals surface area contributed by atoms with Crippen molar-refractivity contribution in [1.29, 1.82) is 0 Å². The number of hydrogen-bond donors (Lipinski definition) is 1. The van der Waals surface area contributed by atoms with Crippen molar-refractivity contribution in [3.8, 4) is 0 Å². The monoisotopic (exact) mass is 300 g/mol.